The molecule has 7 heteroatoms. The number of carbonyl (C=O) groups excluding carboxylic acids is 1. The standard InChI is InChI=1S/C16H26N2O4S/c1-4-7-12-17-16(19)13-22-14-8-10-15(11-9-14)23(20,21)18(5-2)6-3/h8-11H,4-7,12-13H2,1-3H3,(H,17,19). The van der Waals surface area contributed by atoms with Crippen LogP contribution in [0.1, 0.15) is 33.6 Å². The van der Waals surface area contributed by atoms with Crippen LogP contribution in [0.3, 0.4) is 0 Å². The Balaban J connectivity index is 2.62. The maximum absolute atomic E-state index is 12.3. The second kappa shape index (κ2) is 9.52. The molecule has 0 spiro atoms. The summed E-state index contributed by atoms with van der Waals surface area (Å²) in [5, 5.41) is 2.75. The van der Waals surface area contributed by atoms with E-state index in [2.05, 4.69) is 12.2 Å². The van der Waals surface area contributed by atoms with Gasteiger partial charge in [-0.2, -0.15) is 4.31 Å². The molecule has 0 aliphatic rings. The summed E-state index contributed by atoms with van der Waals surface area (Å²) in [5.74, 6) is 0.285. The summed E-state index contributed by atoms with van der Waals surface area (Å²) in [6, 6.07) is 6.13. The minimum Gasteiger partial charge on any atom is -0.484 e. The Morgan fingerprint density at radius 2 is 1.74 bits per heavy atom. The molecule has 23 heavy (non-hydrogen) atoms. The van der Waals surface area contributed by atoms with Crippen LogP contribution in [0.5, 0.6) is 5.75 Å². The van der Waals surface area contributed by atoms with Crippen LogP contribution in [-0.2, 0) is 14.8 Å². The molecule has 1 rings (SSSR count). The van der Waals surface area contributed by atoms with Gasteiger partial charge in [0.2, 0.25) is 10.0 Å². The van der Waals surface area contributed by atoms with Gasteiger partial charge in [0, 0.05) is 19.6 Å². The van der Waals surface area contributed by atoms with Crippen molar-refractivity contribution in [3.63, 3.8) is 0 Å². The Morgan fingerprint density at radius 3 is 2.26 bits per heavy atom. The summed E-state index contributed by atoms with van der Waals surface area (Å²) in [6.07, 6.45) is 1.95. The minimum atomic E-state index is -3.47. The van der Waals surface area contributed by atoms with Gasteiger partial charge in [0.05, 0.1) is 4.90 Å². The first-order valence-electron chi connectivity index (χ1n) is 7.95. The van der Waals surface area contributed by atoms with Crippen LogP contribution in [-0.4, -0.2) is 44.9 Å². The van der Waals surface area contributed by atoms with Gasteiger partial charge in [0.25, 0.3) is 5.91 Å². The van der Waals surface area contributed by atoms with E-state index in [1.165, 1.54) is 16.4 Å². The number of nitrogens with zero attached hydrogens (tertiary/aromatic N) is 1. The number of nitrogens with one attached hydrogen (secondary N) is 1. The van der Waals surface area contributed by atoms with Gasteiger partial charge in [0.15, 0.2) is 6.61 Å². The molecule has 1 aromatic rings. The highest BCUT2D eigenvalue weighted by Crippen LogP contribution is 2.19. The topological polar surface area (TPSA) is 75.7 Å². The quantitative estimate of drug-likeness (QED) is 0.660. The largest absolute Gasteiger partial charge is 0.484 e. The molecule has 0 aromatic heterocycles. The van der Waals surface area contributed by atoms with E-state index in [1.54, 1.807) is 26.0 Å². The van der Waals surface area contributed by atoms with E-state index in [-0.39, 0.29) is 17.4 Å². The first-order valence-corrected chi connectivity index (χ1v) is 9.39. The van der Waals surface area contributed by atoms with Crippen LogP contribution in [0.15, 0.2) is 29.2 Å². The maximum atomic E-state index is 12.3. The Morgan fingerprint density at radius 1 is 1.13 bits per heavy atom. The van der Waals surface area contributed by atoms with Gasteiger partial charge in [-0.3, -0.25) is 4.79 Å². The minimum absolute atomic E-state index is 0.0775. The number of benzene rings is 1. The molecular weight excluding hydrogens is 316 g/mol. The van der Waals surface area contributed by atoms with Gasteiger partial charge in [-0.25, -0.2) is 8.42 Å². The molecule has 0 aliphatic carbocycles. The smallest absolute Gasteiger partial charge is 0.257 e. The van der Waals surface area contributed by atoms with E-state index in [9.17, 15) is 13.2 Å². The summed E-state index contributed by atoms with van der Waals surface area (Å²) in [6.45, 7) is 7.07. The van der Waals surface area contributed by atoms with Crippen molar-refractivity contribution in [3.8, 4) is 5.75 Å². The highest BCUT2D eigenvalue weighted by molar-refractivity contribution is 7.89. The first-order chi connectivity index (χ1) is 11.0. The van der Waals surface area contributed by atoms with Crippen LogP contribution in [0.2, 0.25) is 0 Å². The number of rotatable bonds is 10. The van der Waals surface area contributed by atoms with Crippen LogP contribution < -0.4 is 10.1 Å². The summed E-state index contributed by atoms with van der Waals surface area (Å²) in [5.41, 5.74) is 0. The fourth-order valence-corrected chi connectivity index (χ4v) is 3.48. The normalized spacial score (nSPS) is 11.5. The number of ether oxygens (including phenoxy) is 1. The first kappa shape index (κ1) is 19.4. The molecule has 0 bridgehead atoms. The monoisotopic (exact) mass is 342 g/mol. The van der Waals surface area contributed by atoms with E-state index in [0.29, 0.717) is 25.4 Å². The third kappa shape index (κ3) is 5.84. The molecule has 6 nitrogen and oxygen atoms in total. The molecule has 1 N–H and O–H groups in total. The van der Waals surface area contributed by atoms with Gasteiger partial charge < -0.3 is 10.1 Å². The average Bonchev–Trinajstić information content (AvgIpc) is 2.54. The summed E-state index contributed by atoms with van der Waals surface area (Å²) < 4.78 is 31.4. The lowest BCUT2D eigenvalue weighted by Gasteiger charge is -2.18. The van der Waals surface area contributed by atoms with E-state index in [4.69, 9.17) is 4.74 Å². The number of sulfonamides is 1. The van der Waals surface area contributed by atoms with Crippen LogP contribution in [0.25, 0.3) is 0 Å². The lowest BCUT2D eigenvalue weighted by Crippen LogP contribution is -2.30. The van der Waals surface area contributed by atoms with Gasteiger partial charge in [-0.05, 0) is 30.7 Å². The predicted molar refractivity (Wildman–Crippen MR) is 90.0 cm³/mol. The molecule has 1 amide bonds. The zero-order valence-electron chi connectivity index (χ0n) is 14.0. The Kier molecular flexibility index (Phi) is 8.05. The zero-order chi connectivity index (χ0) is 17.3. The molecule has 0 radical (unpaired) electrons. The SMILES string of the molecule is CCCCNC(=O)COc1ccc(S(=O)(=O)N(CC)CC)cc1. The van der Waals surface area contributed by atoms with Crippen molar-refractivity contribution in [1.82, 2.24) is 9.62 Å². The molecule has 0 heterocycles. The number of amides is 1. The van der Waals surface area contributed by atoms with Crippen molar-refractivity contribution < 1.29 is 17.9 Å². The Bertz CT molecular complexity index is 581. The van der Waals surface area contributed by atoms with Crippen molar-refractivity contribution in [2.24, 2.45) is 0 Å². The maximum Gasteiger partial charge on any atom is 0.257 e. The molecule has 0 atom stereocenters. The molecule has 0 unspecified atom stereocenters. The fourth-order valence-electron chi connectivity index (χ4n) is 2.02. The number of hydrogen-bond donors (Lipinski definition) is 1. The number of hydrogen-bond acceptors (Lipinski definition) is 4. The molecule has 0 saturated carbocycles. The molecule has 1 aromatic carbocycles. The third-order valence-electron chi connectivity index (χ3n) is 3.39. The van der Waals surface area contributed by atoms with E-state index >= 15 is 0 Å². The van der Waals surface area contributed by atoms with E-state index < -0.39 is 10.0 Å². The Labute approximate surface area is 138 Å². The van der Waals surface area contributed by atoms with Crippen LogP contribution in [0, 0.1) is 0 Å². The van der Waals surface area contributed by atoms with Crippen LogP contribution >= 0.6 is 0 Å². The third-order valence-corrected chi connectivity index (χ3v) is 5.45. The Hall–Kier alpha value is -1.60. The highest BCUT2D eigenvalue weighted by Gasteiger charge is 2.21. The van der Waals surface area contributed by atoms with Gasteiger partial charge >= 0.3 is 0 Å². The van der Waals surface area contributed by atoms with Crippen molar-refractivity contribution in [3.05, 3.63) is 24.3 Å². The summed E-state index contributed by atoms with van der Waals surface area (Å²) in [4.78, 5) is 11.8. The highest BCUT2D eigenvalue weighted by atomic mass is 32.2. The zero-order valence-corrected chi connectivity index (χ0v) is 14.9. The van der Waals surface area contributed by atoms with Crippen molar-refractivity contribution >= 4 is 15.9 Å². The summed E-state index contributed by atoms with van der Waals surface area (Å²) >= 11 is 0. The average molecular weight is 342 g/mol. The number of carbonyl (C=O) groups is 1. The van der Waals surface area contributed by atoms with Crippen molar-refractivity contribution in [2.75, 3.05) is 26.2 Å². The second-order valence-electron chi connectivity index (χ2n) is 5.05. The van der Waals surface area contributed by atoms with E-state index in [1.807, 2.05) is 0 Å². The lowest BCUT2D eigenvalue weighted by molar-refractivity contribution is -0.123. The second-order valence-corrected chi connectivity index (χ2v) is 6.99. The van der Waals surface area contributed by atoms with Gasteiger partial charge in [-0.15, -0.1) is 0 Å². The van der Waals surface area contributed by atoms with Crippen LogP contribution in [0.4, 0.5) is 0 Å². The van der Waals surface area contributed by atoms with E-state index in [0.717, 1.165) is 12.8 Å². The molecule has 0 aliphatic heterocycles. The fraction of sp³-hybridized carbons (Fsp3) is 0.562. The molecule has 0 fully saturated rings. The predicted octanol–water partition coefficient (Wildman–Crippen LogP) is 2.01. The summed E-state index contributed by atoms with van der Waals surface area (Å²) in [7, 11) is -3.47. The molecule has 130 valence electrons. The van der Waals surface area contributed by atoms with Crippen molar-refractivity contribution in [2.45, 2.75) is 38.5 Å². The number of unbranched alkanes of at least 4 members (excludes halogenated alkanes) is 1. The van der Waals surface area contributed by atoms with Crippen molar-refractivity contribution in [1.29, 1.82) is 0 Å². The lowest BCUT2D eigenvalue weighted by atomic mass is 10.3. The van der Waals surface area contributed by atoms with Gasteiger partial charge in [-0.1, -0.05) is 27.2 Å². The van der Waals surface area contributed by atoms with Gasteiger partial charge in [0.1, 0.15) is 5.75 Å². The molecule has 0 saturated heterocycles. The molecular formula is C16H26N2O4S.